The second-order valence-electron chi connectivity index (χ2n) is 6.02. The topological polar surface area (TPSA) is 39.7 Å². The molecule has 0 aromatic heterocycles. The monoisotopic (exact) mass is 271 g/mol. The normalized spacial score (nSPS) is 42.9. The van der Waals surface area contributed by atoms with E-state index in [1.54, 1.807) is 7.11 Å². The SMILES string of the molecule is CCCNC1CC(OC2CC(C)OC(C)C2)C1OC. The Morgan fingerprint density at radius 3 is 2.42 bits per heavy atom. The van der Waals surface area contributed by atoms with Crippen LogP contribution in [0.25, 0.3) is 0 Å². The van der Waals surface area contributed by atoms with Gasteiger partial charge >= 0.3 is 0 Å². The lowest BCUT2D eigenvalue weighted by molar-refractivity contribution is -0.186. The van der Waals surface area contributed by atoms with Gasteiger partial charge in [0, 0.05) is 13.2 Å². The van der Waals surface area contributed by atoms with E-state index in [4.69, 9.17) is 14.2 Å². The van der Waals surface area contributed by atoms with Crippen molar-refractivity contribution in [3.8, 4) is 0 Å². The molecule has 112 valence electrons. The van der Waals surface area contributed by atoms with Crippen molar-refractivity contribution in [2.45, 2.75) is 83.0 Å². The minimum Gasteiger partial charge on any atom is -0.377 e. The van der Waals surface area contributed by atoms with Crippen LogP contribution < -0.4 is 5.32 Å². The molecule has 1 saturated heterocycles. The molecule has 2 rings (SSSR count). The Morgan fingerprint density at radius 1 is 1.16 bits per heavy atom. The van der Waals surface area contributed by atoms with Gasteiger partial charge in [-0.15, -0.1) is 0 Å². The largest absolute Gasteiger partial charge is 0.377 e. The Labute approximate surface area is 117 Å². The van der Waals surface area contributed by atoms with Crippen LogP contribution >= 0.6 is 0 Å². The maximum absolute atomic E-state index is 6.24. The summed E-state index contributed by atoms with van der Waals surface area (Å²) in [6, 6.07) is 0.463. The molecule has 0 aromatic rings. The third-order valence-electron chi connectivity index (χ3n) is 4.20. The molecule has 0 radical (unpaired) electrons. The molecule has 1 saturated carbocycles. The minimum atomic E-state index is 0.208. The lowest BCUT2D eigenvalue weighted by atomic mass is 9.84. The number of methoxy groups -OCH3 is 1. The molecule has 1 heterocycles. The highest BCUT2D eigenvalue weighted by molar-refractivity contribution is 4.97. The summed E-state index contributed by atoms with van der Waals surface area (Å²) < 4.78 is 17.6. The van der Waals surface area contributed by atoms with Crippen molar-refractivity contribution >= 4 is 0 Å². The van der Waals surface area contributed by atoms with Gasteiger partial charge in [-0.1, -0.05) is 6.92 Å². The number of hydrogen-bond donors (Lipinski definition) is 1. The van der Waals surface area contributed by atoms with Gasteiger partial charge in [0.25, 0.3) is 0 Å². The van der Waals surface area contributed by atoms with Gasteiger partial charge < -0.3 is 19.5 Å². The van der Waals surface area contributed by atoms with E-state index in [1.807, 2.05) is 0 Å². The van der Waals surface area contributed by atoms with Crippen molar-refractivity contribution < 1.29 is 14.2 Å². The van der Waals surface area contributed by atoms with Crippen molar-refractivity contribution in [2.75, 3.05) is 13.7 Å². The van der Waals surface area contributed by atoms with Crippen LogP contribution in [-0.4, -0.2) is 50.2 Å². The predicted octanol–water partition coefficient (Wildman–Crippen LogP) is 2.11. The third kappa shape index (κ3) is 3.91. The van der Waals surface area contributed by atoms with Crippen LogP contribution in [0.15, 0.2) is 0 Å². The van der Waals surface area contributed by atoms with Crippen LogP contribution in [0, 0.1) is 0 Å². The van der Waals surface area contributed by atoms with Gasteiger partial charge in [0.1, 0.15) is 0 Å². The second-order valence-corrected chi connectivity index (χ2v) is 6.02. The van der Waals surface area contributed by atoms with Crippen molar-refractivity contribution in [3.05, 3.63) is 0 Å². The molecule has 2 fully saturated rings. The quantitative estimate of drug-likeness (QED) is 0.803. The molecular weight excluding hydrogens is 242 g/mol. The predicted molar refractivity (Wildman–Crippen MR) is 75.4 cm³/mol. The molecule has 1 N–H and O–H groups in total. The summed E-state index contributed by atoms with van der Waals surface area (Å²) in [5.74, 6) is 0. The first-order valence-corrected chi connectivity index (χ1v) is 7.71. The molecule has 19 heavy (non-hydrogen) atoms. The van der Waals surface area contributed by atoms with Gasteiger partial charge in [-0.25, -0.2) is 0 Å². The zero-order valence-electron chi connectivity index (χ0n) is 12.7. The lowest BCUT2D eigenvalue weighted by Crippen LogP contribution is -2.61. The molecule has 0 aromatic carbocycles. The zero-order valence-corrected chi connectivity index (χ0v) is 12.7. The van der Waals surface area contributed by atoms with Crippen LogP contribution in [0.4, 0.5) is 0 Å². The fourth-order valence-corrected chi connectivity index (χ4v) is 3.26. The lowest BCUT2D eigenvalue weighted by Gasteiger charge is -2.46. The highest BCUT2D eigenvalue weighted by atomic mass is 16.6. The second kappa shape index (κ2) is 7.02. The summed E-state index contributed by atoms with van der Waals surface area (Å²) in [7, 11) is 1.79. The molecule has 2 aliphatic rings. The first kappa shape index (κ1) is 15.2. The minimum absolute atomic E-state index is 0.208. The van der Waals surface area contributed by atoms with E-state index < -0.39 is 0 Å². The molecule has 0 bridgehead atoms. The summed E-state index contributed by atoms with van der Waals surface area (Å²) in [5.41, 5.74) is 0. The molecular formula is C15H29NO3. The maximum atomic E-state index is 6.24. The Kier molecular flexibility index (Phi) is 5.63. The first-order valence-electron chi connectivity index (χ1n) is 7.71. The highest BCUT2D eigenvalue weighted by Gasteiger charge is 2.43. The fraction of sp³-hybridized carbons (Fsp3) is 1.00. The summed E-state index contributed by atoms with van der Waals surface area (Å²) in [6.45, 7) is 7.51. The molecule has 4 heteroatoms. The number of nitrogens with one attached hydrogen (secondary N) is 1. The van der Waals surface area contributed by atoms with Crippen LogP contribution in [0.1, 0.15) is 46.5 Å². The number of ether oxygens (including phenoxy) is 3. The maximum Gasteiger partial charge on any atom is 0.0987 e. The van der Waals surface area contributed by atoms with Gasteiger partial charge in [0.2, 0.25) is 0 Å². The van der Waals surface area contributed by atoms with E-state index in [0.29, 0.717) is 24.4 Å². The van der Waals surface area contributed by atoms with Crippen molar-refractivity contribution in [2.24, 2.45) is 0 Å². The average molecular weight is 271 g/mol. The molecule has 5 atom stereocenters. The standard InChI is InChI=1S/C15H29NO3/c1-5-6-16-13-9-14(15(13)17-4)19-12-7-10(2)18-11(3)8-12/h10-16H,5-9H2,1-4H3. The van der Waals surface area contributed by atoms with Crippen molar-refractivity contribution in [1.29, 1.82) is 0 Å². The van der Waals surface area contributed by atoms with Gasteiger partial charge in [-0.2, -0.15) is 0 Å². The zero-order chi connectivity index (χ0) is 13.8. The number of rotatable bonds is 6. The molecule has 4 nitrogen and oxygen atoms in total. The van der Waals surface area contributed by atoms with Crippen LogP contribution in [0.3, 0.4) is 0 Å². The fourth-order valence-electron chi connectivity index (χ4n) is 3.26. The molecule has 0 amide bonds. The Bertz CT molecular complexity index is 264. The molecule has 0 spiro atoms. The summed E-state index contributed by atoms with van der Waals surface area (Å²) in [5, 5.41) is 3.52. The smallest absolute Gasteiger partial charge is 0.0987 e. The Morgan fingerprint density at radius 2 is 1.84 bits per heavy atom. The molecule has 1 aliphatic heterocycles. The van der Waals surface area contributed by atoms with E-state index >= 15 is 0 Å². The van der Waals surface area contributed by atoms with Gasteiger partial charge in [-0.05, 0) is 46.1 Å². The van der Waals surface area contributed by atoms with Gasteiger partial charge in [0.05, 0.1) is 30.5 Å². The summed E-state index contributed by atoms with van der Waals surface area (Å²) >= 11 is 0. The Balaban J connectivity index is 1.77. The van der Waals surface area contributed by atoms with Crippen LogP contribution in [-0.2, 0) is 14.2 Å². The summed E-state index contributed by atoms with van der Waals surface area (Å²) in [4.78, 5) is 0. The average Bonchev–Trinajstić information content (AvgIpc) is 2.32. The van der Waals surface area contributed by atoms with E-state index in [-0.39, 0.29) is 12.2 Å². The van der Waals surface area contributed by atoms with Gasteiger partial charge in [-0.3, -0.25) is 0 Å². The van der Waals surface area contributed by atoms with E-state index in [2.05, 4.69) is 26.1 Å². The van der Waals surface area contributed by atoms with E-state index in [1.165, 1.54) is 0 Å². The van der Waals surface area contributed by atoms with Crippen molar-refractivity contribution in [1.82, 2.24) is 5.32 Å². The van der Waals surface area contributed by atoms with Crippen molar-refractivity contribution in [3.63, 3.8) is 0 Å². The molecule has 5 unspecified atom stereocenters. The number of hydrogen-bond acceptors (Lipinski definition) is 4. The van der Waals surface area contributed by atoms with E-state index in [0.717, 1.165) is 32.2 Å². The molecule has 1 aliphatic carbocycles. The highest BCUT2D eigenvalue weighted by Crippen LogP contribution is 2.31. The van der Waals surface area contributed by atoms with E-state index in [9.17, 15) is 0 Å². The summed E-state index contributed by atoms with van der Waals surface area (Å²) in [6.07, 6.45) is 5.64. The van der Waals surface area contributed by atoms with Crippen LogP contribution in [0.2, 0.25) is 0 Å². The third-order valence-corrected chi connectivity index (χ3v) is 4.20. The first-order chi connectivity index (χ1) is 9.13. The van der Waals surface area contributed by atoms with Gasteiger partial charge in [0.15, 0.2) is 0 Å². The Hall–Kier alpha value is -0.160. The van der Waals surface area contributed by atoms with Crippen LogP contribution in [0.5, 0.6) is 0 Å².